The smallest absolute Gasteiger partial charge is 0.320 e. The lowest BCUT2D eigenvalue weighted by Crippen LogP contribution is -2.66. The van der Waals surface area contributed by atoms with Crippen molar-refractivity contribution < 1.29 is 28.0 Å². The second-order valence-electron chi connectivity index (χ2n) is 10.6. The maximum absolute atomic E-state index is 14.8. The van der Waals surface area contributed by atoms with Gasteiger partial charge in [-0.25, -0.2) is 18.4 Å². The number of amides is 6. The van der Waals surface area contributed by atoms with E-state index in [-0.39, 0.29) is 42.6 Å². The van der Waals surface area contributed by atoms with Gasteiger partial charge in [-0.2, -0.15) is 0 Å². The molecule has 0 aliphatic carbocycles. The number of likely N-dealkylation sites (tertiary alicyclic amines) is 1. The average Bonchev–Trinajstić information content (AvgIpc) is 3.28. The first kappa shape index (κ1) is 25.1. The number of imide groups is 1. The molecule has 6 amide bonds. The number of halogens is 2. The number of nitrogens with zero attached hydrogens (tertiary/aromatic N) is 3. The molecule has 0 saturated carbocycles. The van der Waals surface area contributed by atoms with Crippen molar-refractivity contribution >= 4 is 29.6 Å². The molecule has 0 spiro atoms. The molecule has 2 aromatic rings. The number of hydrogen-bond donors (Lipinski definition) is 3. The SMILES string of the molecule is O=C1CCC(c2c(F)cc(N3CC(NC(=O)NC4CN(C(=O)N5Cc6ccccc6C5)C4)C3)cc2F)C(=O)N1. The van der Waals surface area contributed by atoms with Crippen LogP contribution in [0.25, 0.3) is 0 Å². The van der Waals surface area contributed by atoms with Gasteiger partial charge in [-0.3, -0.25) is 14.9 Å². The Kier molecular flexibility index (Phi) is 6.32. The van der Waals surface area contributed by atoms with Crippen molar-refractivity contribution in [1.29, 1.82) is 0 Å². The lowest BCUT2D eigenvalue weighted by atomic mass is 9.89. The lowest BCUT2D eigenvalue weighted by molar-refractivity contribution is -0.134. The summed E-state index contributed by atoms with van der Waals surface area (Å²) in [6.45, 7) is 2.80. The van der Waals surface area contributed by atoms with Gasteiger partial charge in [-0.1, -0.05) is 24.3 Å². The zero-order valence-corrected chi connectivity index (χ0v) is 21.1. The number of piperidine rings is 1. The average molecular weight is 539 g/mol. The molecule has 0 bridgehead atoms. The molecule has 0 aromatic heterocycles. The minimum atomic E-state index is -1.05. The number of fused-ring (bicyclic) bond motifs is 1. The summed E-state index contributed by atoms with van der Waals surface area (Å²) in [5, 5.41) is 7.84. The van der Waals surface area contributed by atoms with Crippen LogP contribution < -0.4 is 20.9 Å². The molecule has 3 fully saturated rings. The molecule has 2 aromatic carbocycles. The van der Waals surface area contributed by atoms with Crippen LogP contribution >= 0.6 is 0 Å². The topological polar surface area (TPSA) is 114 Å². The van der Waals surface area contributed by atoms with Gasteiger partial charge >= 0.3 is 12.1 Å². The third kappa shape index (κ3) is 4.86. The summed E-state index contributed by atoms with van der Waals surface area (Å²) in [5.74, 6) is -3.87. The van der Waals surface area contributed by atoms with E-state index in [1.54, 1.807) is 14.7 Å². The van der Waals surface area contributed by atoms with Gasteiger partial charge in [0.05, 0.1) is 18.0 Å². The maximum atomic E-state index is 14.8. The Morgan fingerprint density at radius 3 is 2.05 bits per heavy atom. The van der Waals surface area contributed by atoms with E-state index in [4.69, 9.17) is 0 Å². The number of anilines is 1. The number of carbonyl (C=O) groups excluding carboxylic acids is 4. The van der Waals surface area contributed by atoms with Crippen molar-refractivity contribution in [2.75, 3.05) is 31.1 Å². The van der Waals surface area contributed by atoms with Gasteiger partial charge in [0.2, 0.25) is 11.8 Å². The van der Waals surface area contributed by atoms with Crippen LogP contribution in [0, 0.1) is 11.6 Å². The van der Waals surface area contributed by atoms with Crippen LogP contribution in [0.4, 0.5) is 24.1 Å². The van der Waals surface area contributed by atoms with Gasteiger partial charge in [-0.05, 0) is 29.7 Å². The van der Waals surface area contributed by atoms with Crippen molar-refractivity contribution in [2.24, 2.45) is 0 Å². The maximum Gasteiger partial charge on any atom is 0.320 e. The van der Waals surface area contributed by atoms with Crippen LogP contribution in [-0.2, 0) is 22.7 Å². The highest BCUT2D eigenvalue weighted by atomic mass is 19.1. The summed E-state index contributed by atoms with van der Waals surface area (Å²) >= 11 is 0. The molecule has 3 N–H and O–H groups in total. The summed E-state index contributed by atoms with van der Waals surface area (Å²) in [4.78, 5) is 53.8. The number of hydrogen-bond acceptors (Lipinski definition) is 5. The van der Waals surface area contributed by atoms with Crippen LogP contribution in [0.3, 0.4) is 0 Å². The molecule has 0 radical (unpaired) electrons. The fraction of sp³-hybridized carbons (Fsp3) is 0.407. The van der Waals surface area contributed by atoms with Gasteiger partial charge in [0.25, 0.3) is 0 Å². The highest BCUT2D eigenvalue weighted by Crippen LogP contribution is 2.33. The summed E-state index contributed by atoms with van der Waals surface area (Å²) in [6.07, 6.45) is 0.0864. The predicted molar refractivity (Wildman–Crippen MR) is 136 cm³/mol. The lowest BCUT2D eigenvalue weighted by Gasteiger charge is -2.43. The van der Waals surface area contributed by atoms with Gasteiger partial charge < -0.3 is 25.3 Å². The van der Waals surface area contributed by atoms with Crippen LogP contribution in [0.5, 0.6) is 0 Å². The molecule has 6 rings (SSSR count). The monoisotopic (exact) mass is 538 g/mol. The van der Waals surface area contributed by atoms with Crippen molar-refractivity contribution in [3.05, 3.63) is 64.7 Å². The molecule has 1 unspecified atom stereocenters. The number of nitrogens with one attached hydrogen (secondary N) is 3. The Balaban J connectivity index is 0.945. The molecule has 39 heavy (non-hydrogen) atoms. The minimum absolute atomic E-state index is 0.0288. The molecule has 204 valence electrons. The zero-order chi connectivity index (χ0) is 27.3. The van der Waals surface area contributed by atoms with Crippen LogP contribution in [-0.4, -0.2) is 71.9 Å². The van der Waals surface area contributed by atoms with Gasteiger partial charge in [0.1, 0.15) is 11.6 Å². The highest BCUT2D eigenvalue weighted by Gasteiger charge is 2.38. The summed E-state index contributed by atoms with van der Waals surface area (Å²) < 4.78 is 29.6. The molecule has 12 heteroatoms. The largest absolute Gasteiger partial charge is 0.367 e. The van der Waals surface area contributed by atoms with Crippen molar-refractivity contribution in [2.45, 2.75) is 43.9 Å². The van der Waals surface area contributed by atoms with Gasteiger partial charge in [-0.15, -0.1) is 0 Å². The molecule has 3 saturated heterocycles. The van der Waals surface area contributed by atoms with E-state index >= 15 is 0 Å². The molecule has 4 aliphatic rings. The molecule has 1 atom stereocenters. The van der Waals surface area contributed by atoms with Crippen molar-refractivity contribution in [3.8, 4) is 0 Å². The molecule has 4 heterocycles. The predicted octanol–water partition coefficient (Wildman–Crippen LogP) is 1.79. The first-order valence-electron chi connectivity index (χ1n) is 13.0. The van der Waals surface area contributed by atoms with E-state index < -0.39 is 29.4 Å². The Bertz CT molecular complexity index is 1310. The quantitative estimate of drug-likeness (QED) is 0.514. The van der Waals surface area contributed by atoms with Crippen LogP contribution in [0.15, 0.2) is 36.4 Å². The minimum Gasteiger partial charge on any atom is -0.367 e. The molecular weight excluding hydrogens is 510 g/mol. The normalized spacial score (nSPS) is 21.2. The molecule has 10 nitrogen and oxygen atoms in total. The number of benzene rings is 2. The van der Waals surface area contributed by atoms with E-state index in [0.717, 1.165) is 11.1 Å². The van der Waals surface area contributed by atoms with E-state index in [0.29, 0.717) is 45.0 Å². The highest BCUT2D eigenvalue weighted by molar-refractivity contribution is 6.01. The summed E-state index contributed by atoms with van der Waals surface area (Å²) in [5.41, 5.74) is 2.30. The fourth-order valence-electron chi connectivity index (χ4n) is 5.64. The Morgan fingerprint density at radius 2 is 1.46 bits per heavy atom. The number of rotatable bonds is 4. The number of carbonyl (C=O) groups is 4. The number of urea groups is 2. The second kappa shape index (κ2) is 9.83. The van der Waals surface area contributed by atoms with E-state index in [1.165, 1.54) is 12.1 Å². The van der Waals surface area contributed by atoms with Gasteiger partial charge in [0.15, 0.2) is 0 Å². The second-order valence-corrected chi connectivity index (χ2v) is 10.6. The Morgan fingerprint density at radius 1 is 0.872 bits per heavy atom. The van der Waals surface area contributed by atoms with Crippen LogP contribution in [0.2, 0.25) is 0 Å². The van der Waals surface area contributed by atoms with Crippen LogP contribution in [0.1, 0.15) is 35.4 Å². The molecule has 4 aliphatic heterocycles. The summed E-state index contributed by atoms with van der Waals surface area (Å²) in [7, 11) is 0. The Labute approximate surface area is 223 Å². The first-order chi connectivity index (χ1) is 18.7. The van der Waals surface area contributed by atoms with E-state index in [2.05, 4.69) is 16.0 Å². The van der Waals surface area contributed by atoms with E-state index in [9.17, 15) is 28.0 Å². The first-order valence-corrected chi connectivity index (χ1v) is 13.0. The third-order valence-corrected chi connectivity index (χ3v) is 7.83. The van der Waals surface area contributed by atoms with Crippen molar-refractivity contribution in [1.82, 2.24) is 25.8 Å². The third-order valence-electron chi connectivity index (χ3n) is 7.83. The fourth-order valence-corrected chi connectivity index (χ4v) is 5.64. The van der Waals surface area contributed by atoms with Crippen molar-refractivity contribution in [3.63, 3.8) is 0 Å². The molecular formula is C27H28F2N6O4. The summed E-state index contributed by atoms with van der Waals surface area (Å²) in [6, 6.07) is 9.61. The van der Waals surface area contributed by atoms with Gasteiger partial charge in [0, 0.05) is 56.9 Å². The zero-order valence-electron chi connectivity index (χ0n) is 21.1. The van der Waals surface area contributed by atoms with E-state index in [1.807, 2.05) is 24.3 Å². The Hall–Kier alpha value is -4.22. The standard InChI is InChI=1S/C27H28F2N6O4/c28-21-7-19(8-22(29)24(21)20-5-6-23(36)32-25(20)37)33-11-17(12-33)30-26(38)31-18-13-35(14-18)27(39)34-9-15-3-1-2-4-16(15)10-34/h1-4,7-8,17-18,20H,5-6,9-14H2,(H2,30,31,38)(H,32,36,37).